The van der Waals surface area contributed by atoms with Crippen molar-refractivity contribution in [1.29, 1.82) is 0 Å². The van der Waals surface area contributed by atoms with Gasteiger partial charge < -0.3 is 20.3 Å². The molecule has 0 bridgehead atoms. The first-order valence-electron chi connectivity index (χ1n) is 14.5. The molecule has 0 saturated heterocycles. The van der Waals surface area contributed by atoms with Gasteiger partial charge in [0.15, 0.2) is 0 Å². The lowest BCUT2D eigenvalue weighted by atomic mass is 10.00. The van der Waals surface area contributed by atoms with E-state index < -0.39 is 48.9 Å². The number of nitrogens with two attached hydrogens (primary N) is 1. The Morgan fingerprint density at radius 3 is 2.13 bits per heavy atom. The molecule has 238 valence electrons. The number of anilines is 1. The summed E-state index contributed by atoms with van der Waals surface area (Å²) in [5, 5.41) is 0. The van der Waals surface area contributed by atoms with Crippen LogP contribution in [-0.4, -0.2) is 41.4 Å². The fraction of sp³-hybridized carbons (Fsp3) is 0.167. The Hall–Kier alpha value is -5.73. The van der Waals surface area contributed by atoms with Crippen molar-refractivity contribution in [2.24, 2.45) is 5.73 Å². The Balaban J connectivity index is 1.57. The van der Waals surface area contributed by atoms with Gasteiger partial charge >= 0.3 is 18.1 Å². The van der Waals surface area contributed by atoms with Gasteiger partial charge in [0.25, 0.3) is 5.91 Å². The lowest BCUT2D eigenvalue weighted by molar-refractivity contribution is -0.202. The first kappa shape index (κ1) is 32.7. The second-order valence-electron chi connectivity index (χ2n) is 10.7. The first-order valence-corrected chi connectivity index (χ1v) is 14.5. The van der Waals surface area contributed by atoms with Crippen molar-refractivity contribution >= 4 is 29.4 Å². The highest BCUT2D eigenvalue weighted by Gasteiger charge is 2.43. The fourth-order valence-corrected chi connectivity index (χ4v) is 5.17. The fourth-order valence-electron chi connectivity index (χ4n) is 5.17. The van der Waals surface area contributed by atoms with Gasteiger partial charge in [-0.25, -0.2) is 4.79 Å². The third kappa shape index (κ3) is 7.92. The number of esters is 2. The van der Waals surface area contributed by atoms with Crippen LogP contribution in [0.4, 0.5) is 18.9 Å². The zero-order valence-corrected chi connectivity index (χ0v) is 24.9. The van der Waals surface area contributed by atoms with Gasteiger partial charge in [-0.3, -0.25) is 14.4 Å². The second kappa shape index (κ2) is 14.1. The van der Waals surface area contributed by atoms with Gasteiger partial charge in [0, 0.05) is 17.7 Å². The smallest absolute Gasteiger partial charge is 0.386 e. The third-order valence-corrected chi connectivity index (χ3v) is 7.44. The second-order valence-corrected chi connectivity index (χ2v) is 10.7. The quantitative estimate of drug-likeness (QED) is 0.167. The van der Waals surface area contributed by atoms with E-state index in [0.29, 0.717) is 28.9 Å². The number of benzene rings is 4. The molecule has 4 aromatic rings. The normalized spacial score (nSPS) is 13.6. The Kier molecular flexibility index (Phi) is 9.83. The minimum absolute atomic E-state index is 0.0926. The summed E-state index contributed by atoms with van der Waals surface area (Å²) in [6, 6.07) is 28.1. The maximum absolute atomic E-state index is 14.4. The lowest BCUT2D eigenvalue weighted by Gasteiger charge is -2.30. The van der Waals surface area contributed by atoms with E-state index in [2.05, 4.69) is 16.6 Å². The summed E-state index contributed by atoms with van der Waals surface area (Å²) < 4.78 is 42.7. The molecule has 1 aliphatic rings. The summed E-state index contributed by atoms with van der Waals surface area (Å²) in [5.41, 5.74) is 9.31. The van der Waals surface area contributed by atoms with Gasteiger partial charge in [0.05, 0.1) is 30.3 Å². The third-order valence-electron chi connectivity index (χ3n) is 7.44. The summed E-state index contributed by atoms with van der Waals surface area (Å²) in [6.45, 7) is -0.0689. The van der Waals surface area contributed by atoms with Crippen LogP contribution in [0.15, 0.2) is 103 Å². The standard InChI is InChI=1S/C36H28F3N3O5/c37-36(38,39)35(46)47-33(44)20-31(28-12-5-2-6-13-28)42-23-32(43)41(22-26-8-3-1-4-9-26)30-17-16-25(19-29(30)34(42)45)15-14-24-10-7-11-27(18-24)21-40/h1-13,16-19,31H,20-23,40H2. The van der Waals surface area contributed by atoms with E-state index in [9.17, 15) is 32.3 Å². The van der Waals surface area contributed by atoms with E-state index >= 15 is 0 Å². The van der Waals surface area contributed by atoms with Crippen molar-refractivity contribution in [3.8, 4) is 11.8 Å². The molecule has 5 rings (SSSR count). The number of fused-ring (bicyclic) bond motifs is 1. The molecular weight excluding hydrogens is 611 g/mol. The van der Waals surface area contributed by atoms with Crippen LogP contribution >= 0.6 is 0 Å². The first-order chi connectivity index (χ1) is 22.5. The molecule has 2 N–H and O–H groups in total. The molecule has 0 aliphatic carbocycles. The number of hydrogen-bond donors (Lipinski definition) is 1. The summed E-state index contributed by atoms with van der Waals surface area (Å²) in [4.78, 5) is 54.9. The van der Waals surface area contributed by atoms with Crippen molar-refractivity contribution in [2.75, 3.05) is 11.4 Å². The number of carbonyl (C=O) groups is 4. The number of nitrogens with zero attached hydrogens (tertiary/aromatic N) is 2. The van der Waals surface area contributed by atoms with Crippen molar-refractivity contribution in [2.45, 2.75) is 31.7 Å². The molecule has 0 saturated carbocycles. The summed E-state index contributed by atoms with van der Waals surface area (Å²) in [5.74, 6) is 0.745. The molecule has 0 aromatic heterocycles. The van der Waals surface area contributed by atoms with Crippen LogP contribution in [0.5, 0.6) is 0 Å². The van der Waals surface area contributed by atoms with E-state index in [4.69, 9.17) is 5.73 Å². The number of halogens is 3. The van der Waals surface area contributed by atoms with Gasteiger partial charge in [-0.15, -0.1) is 0 Å². The van der Waals surface area contributed by atoms with Crippen LogP contribution < -0.4 is 10.6 Å². The highest BCUT2D eigenvalue weighted by Crippen LogP contribution is 2.34. The van der Waals surface area contributed by atoms with E-state index in [1.807, 2.05) is 54.6 Å². The monoisotopic (exact) mass is 639 g/mol. The number of carbonyl (C=O) groups excluding carboxylic acids is 4. The van der Waals surface area contributed by atoms with Crippen LogP contribution in [0.3, 0.4) is 0 Å². The molecule has 2 amide bonds. The SMILES string of the molecule is NCc1cccc(C#Cc2ccc3c(c2)C(=O)N(C(CC(=O)OC(=O)C(F)(F)F)c2ccccc2)CC(=O)N3Cc2ccccc2)c1. The minimum Gasteiger partial charge on any atom is -0.386 e. The zero-order chi connectivity index (χ0) is 33.6. The van der Waals surface area contributed by atoms with Gasteiger partial charge in [0.2, 0.25) is 5.91 Å². The molecule has 1 heterocycles. The molecule has 0 radical (unpaired) electrons. The Bertz CT molecular complexity index is 1870. The van der Waals surface area contributed by atoms with Crippen LogP contribution in [0, 0.1) is 11.8 Å². The number of alkyl halides is 3. The van der Waals surface area contributed by atoms with Crippen molar-refractivity contribution < 1.29 is 37.1 Å². The summed E-state index contributed by atoms with van der Waals surface area (Å²) >= 11 is 0. The summed E-state index contributed by atoms with van der Waals surface area (Å²) in [6.07, 6.45) is -6.22. The number of amides is 2. The molecule has 0 fully saturated rings. The largest absolute Gasteiger partial charge is 0.491 e. The van der Waals surface area contributed by atoms with Gasteiger partial charge in [-0.1, -0.05) is 84.6 Å². The van der Waals surface area contributed by atoms with Crippen molar-refractivity contribution in [3.05, 3.63) is 137 Å². The van der Waals surface area contributed by atoms with E-state index in [1.165, 1.54) is 11.0 Å². The molecule has 11 heteroatoms. The molecule has 1 atom stereocenters. The molecule has 1 unspecified atom stereocenters. The number of ether oxygens (including phenoxy) is 1. The maximum Gasteiger partial charge on any atom is 0.491 e. The number of hydrogen-bond acceptors (Lipinski definition) is 6. The molecule has 0 spiro atoms. The van der Waals surface area contributed by atoms with Crippen LogP contribution in [0.25, 0.3) is 0 Å². The Morgan fingerprint density at radius 1 is 0.830 bits per heavy atom. The topological polar surface area (TPSA) is 110 Å². The molecule has 8 nitrogen and oxygen atoms in total. The average Bonchev–Trinajstić information content (AvgIpc) is 3.17. The average molecular weight is 640 g/mol. The van der Waals surface area contributed by atoms with E-state index in [0.717, 1.165) is 16.0 Å². The predicted molar refractivity (Wildman–Crippen MR) is 166 cm³/mol. The van der Waals surface area contributed by atoms with E-state index in [-0.39, 0.29) is 12.1 Å². The van der Waals surface area contributed by atoms with Crippen LogP contribution in [-0.2, 0) is 32.2 Å². The number of rotatable bonds is 7. The predicted octanol–water partition coefficient (Wildman–Crippen LogP) is 5.30. The highest BCUT2D eigenvalue weighted by molar-refractivity contribution is 6.10. The molecule has 47 heavy (non-hydrogen) atoms. The maximum atomic E-state index is 14.4. The van der Waals surface area contributed by atoms with E-state index in [1.54, 1.807) is 42.5 Å². The Labute approximate surface area is 268 Å². The molecular formula is C36H28F3N3O5. The van der Waals surface area contributed by atoms with Gasteiger partial charge in [0.1, 0.15) is 6.54 Å². The van der Waals surface area contributed by atoms with Crippen LogP contribution in [0.2, 0.25) is 0 Å². The molecule has 1 aliphatic heterocycles. The van der Waals surface area contributed by atoms with Crippen molar-refractivity contribution in [3.63, 3.8) is 0 Å². The zero-order valence-electron chi connectivity index (χ0n) is 24.9. The Morgan fingerprint density at radius 2 is 1.47 bits per heavy atom. The van der Waals surface area contributed by atoms with Crippen molar-refractivity contribution in [1.82, 2.24) is 4.90 Å². The minimum atomic E-state index is -5.40. The molecule has 4 aromatic carbocycles. The summed E-state index contributed by atoms with van der Waals surface area (Å²) in [7, 11) is 0. The lowest BCUT2D eigenvalue weighted by Crippen LogP contribution is -2.42. The van der Waals surface area contributed by atoms with Gasteiger partial charge in [-0.2, -0.15) is 13.2 Å². The van der Waals surface area contributed by atoms with Gasteiger partial charge in [-0.05, 0) is 47.0 Å². The van der Waals surface area contributed by atoms with Crippen LogP contribution in [0.1, 0.15) is 50.6 Å². The highest BCUT2D eigenvalue weighted by atomic mass is 19.4.